The molecule has 0 saturated carbocycles. The van der Waals surface area contributed by atoms with Gasteiger partial charge < -0.3 is 14.9 Å². The number of anilines is 1. The number of aromatic nitrogens is 2. The zero-order valence-electron chi connectivity index (χ0n) is 7.90. The molecule has 0 bridgehead atoms. The van der Waals surface area contributed by atoms with E-state index in [0.29, 0.717) is 5.89 Å². The molecular weight excluding hydrogens is 262 g/mol. The first-order valence-corrected chi connectivity index (χ1v) is 4.93. The lowest BCUT2D eigenvalue weighted by atomic mass is 10.2. The summed E-state index contributed by atoms with van der Waals surface area (Å²) in [5.41, 5.74) is 6.12. The van der Waals surface area contributed by atoms with Crippen LogP contribution in [-0.2, 0) is 0 Å². The van der Waals surface area contributed by atoms with Crippen molar-refractivity contribution in [2.24, 2.45) is 0 Å². The van der Waals surface area contributed by atoms with Gasteiger partial charge in [-0.3, -0.25) is 0 Å². The first-order chi connectivity index (χ1) is 7.20. The lowest BCUT2D eigenvalue weighted by Gasteiger charge is -2.03. The number of nitrogens with zero attached hydrogens (tertiary/aromatic N) is 2. The van der Waals surface area contributed by atoms with Gasteiger partial charge in [0.25, 0.3) is 0 Å². The predicted molar refractivity (Wildman–Crippen MR) is 58.4 cm³/mol. The van der Waals surface area contributed by atoms with Crippen molar-refractivity contribution in [1.29, 1.82) is 0 Å². The summed E-state index contributed by atoms with van der Waals surface area (Å²) >= 11 is 3.37. The van der Waals surface area contributed by atoms with Gasteiger partial charge in [-0.15, -0.1) is 5.10 Å². The Morgan fingerprint density at radius 3 is 2.73 bits per heavy atom. The van der Waals surface area contributed by atoms with Gasteiger partial charge in [-0.2, -0.15) is 0 Å². The van der Waals surface area contributed by atoms with Crippen molar-refractivity contribution in [2.45, 2.75) is 0 Å². The third kappa shape index (κ3) is 1.94. The van der Waals surface area contributed by atoms with Crippen molar-refractivity contribution in [3.05, 3.63) is 22.7 Å². The molecule has 2 aromatic rings. The summed E-state index contributed by atoms with van der Waals surface area (Å²) < 4.78 is 11.0. The minimum Gasteiger partial charge on any atom is -0.496 e. The standard InChI is InChI=1S/C9H8BrN3O2/c1-14-7-3-2-5(4-6(7)10)8-12-13-9(11)15-8/h2-4H,1H3,(H2,11,13). The molecule has 0 fully saturated rings. The second kappa shape index (κ2) is 3.90. The molecule has 78 valence electrons. The van der Waals surface area contributed by atoms with E-state index in [0.717, 1.165) is 15.8 Å². The average Bonchev–Trinajstić information content (AvgIpc) is 2.65. The number of nitrogen functional groups attached to an aromatic ring is 1. The largest absolute Gasteiger partial charge is 0.496 e. The fourth-order valence-electron chi connectivity index (χ4n) is 1.15. The van der Waals surface area contributed by atoms with Crippen molar-refractivity contribution >= 4 is 21.9 Å². The molecule has 1 heterocycles. The van der Waals surface area contributed by atoms with Crippen LogP contribution in [0.3, 0.4) is 0 Å². The maximum atomic E-state index is 5.33. The van der Waals surface area contributed by atoms with Gasteiger partial charge in [0.05, 0.1) is 11.6 Å². The summed E-state index contributed by atoms with van der Waals surface area (Å²) in [7, 11) is 1.60. The van der Waals surface area contributed by atoms with E-state index in [1.807, 2.05) is 12.1 Å². The van der Waals surface area contributed by atoms with E-state index >= 15 is 0 Å². The number of hydrogen-bond donors (Lipinski definition) is 1. The zero-order valence-corrected chi connectivity index (χ0v) is 9.48. The smallest absolute Gasteiger partial charge is 0.313 e. The monoisotopic (exact) mass is 269 g/mol. The van der Waals surface area contributed by atoms with Crippen LogP contribution >= 0.6 is 15.9 Å². The Kier molecular flexibility index (Phi) is 2.59. The minimum atomic E-state index is 0.0527. The van der Waals surface area contributed by atoms with Crippen molar-refractivity contribution in [1.82, 2.24) is 10.2 Å². The molecule has 0 spiro atoms. The van der Waals surface area contributed by atoms with E-state index in [2.05, 4.69) is 26.1 Å². The molecule has 0 radical (unpaired) electrons. The van der Waals surface area contributed by atoms with Gasteiger partial charge in [-0.25, -0.2) is 0 Å². The highest BCUT2D eigenvalue weighted by atomic mass is 79.9. The highest BCUT2D eigenvalue weighted by Crippen LogP contribution is 2.29. The first kappa shape index (κ1) is 9.97. The van der Waals surface area contributed by atoms with Gasteiger partial charge in [-0.05, 0) is 34.1 Å². The number of halogens is 1. The fourth-order valence-corrected chi connectivity index (χ4v) is 1.69. The molecule has 1 aromatic heterocycles. The highest BCUT2D eigenvalue weighted by Gasteiger charge is 2.08. The van der Waals surface area contributed by atoms with E-state index in [9.17, 15) is 0 Å². The normalized spacial score (nSPS) is 10.3. The SMILES string of the molecule is COc1ccc(-c2nnc(N)o2)cc1Br. The molecule has 0 unspecified atom stereocenters. The molecule has 0 atom stereocenters. The Morgan fingerprint density at radius 2 is 2.20 bits per heavy atom. The van der Waals surface area contributed by atoms with E-state index in [1.165, 1.54) is 0 Å². The summed E-state index contributed by atoms with van der Waals surface area (Å²) in [6, 6.07) is 5.50. The van der Waals surface area contributed by atoms with E-state index in [4.69, 9.17) is 14.9 Å². The van der Waals surface area contributed by atoms with Gasteiger partial charge in [0, 0.05) is 5.56 Å². The molecular formula is C9H8BrN3O2. The minimum absolute atomic E-state index is 0.0527. The maximum Gasteiger partial charge on any atom is 0.313 e. The van der Waals surface area contributed by atoms with Gasteiger partial charge in [0.2, 0.25) is 5.89 Å². The Morgan fingerprint density at radius 1 is 1.40 bits per heavy atom. The molecule has 6 heteroatoms. The Bertz CT molecular complexity index is 484. The van der Waals surface area contributed by atoms with Crippen LogP contribution in [-0.4, -0.2) is 17.3 Å². The number of benzene rings is 1. The maximum absolute atomic E-state index is 5.33. The highest BCUT2D eigenvalue weighted by molar-refractivity contribution is 9.10. The van der Waals surface area contributed by atoms with Crippen molar-refractivity contribution < 1.29 is 9.15 Å². The molecule has 15 heavy (non-hydrogen) atoms. The second-order valence-corrected chi connectivity index (χ2v) is 3.65. The van der Waals surface area contributed by atoms with Crippen LogP contribution in [0.4, 0.5) is 6.01 Å². The molecule has 0 aliphatic heterocycles. The third-order valence-electron chi connectivity index (χ3n) is 1.84. The lowest BCUT2D eigenvalue weighted by molar-refractivity contribution is 0.412. The van der Waals surface area contributed by atoms with Crippen LogP contribution in [0.2, 0.25) is 0 Å². The van der Waals surface area contributed by atoms with E-state index in [-0.39, 0.29) is 6.01 Å². The quantitative estimate of drug-likeness (QED) is 0.904. The Labute approximate surface area is 94.4 Å². The summed E-state index contributed by atoms with van der Waals surface area (Å²) in [6.07, 6.45) is 0. The van der Waals surface area contributed by atoms with Gasteiger partial charge >= 0.3 is 6.01 Å². The molecule has 0 aliphatic rings. The molecule has 2 N–H and O–H groups in total. The zero-order chi connectivity index (χ0) is 10.8. The molecule has 1 aromatic carbocycles. The van der Waals surface area contributed by atoms with Crippen molar-refractivity contribution in [3.8, 4) is 17.2 Å². The second-order valence-electron chi connectivity index (χ2n) is 2.79. The average molecular weight is 270 g/mol. The summed E-state index contributed by atoms with van der Waals surface area (Å²) in [4.78, 5) is 0. The van der Waals surface area contributed by atoms with Crippen molar-refractivity contribution in [2.75, 3.05) is 12.8 Å². The lowest BCUT2D eigenvalue weighted by Crippen LogP contribution is -1.85. The number of ether oxygens (including phenoxy) is 1. The molecule has 2 rings (SSSR count). The summed E-state index contributed by atoms with van der Waals surface area (Å²) in [6.45, 7) is 0. The molecule has 5 nitrogen and oxygen atoms in total. The molecule has 0 amide bonds. The van der Waals surface area contributed by atoms with Gasteiger partial charge in [0.15, 0.2) is 0 Å². The molecule has 0 saturated heterocycles. The third-order valence-corrected chi connectivity index (χ3v) is 2.46. The summed E-state index contributed by atoms with van der Waals surface area (Å²) in [5.74, 6) is 1.13. The number of hydrogen-bond acceptors (Lipinski definition) is 5. The number of rotatable bonds is 2. The Balaban J connectivity index is 2.42. The van der Waals surface area contributed by atoms with Crippen LogP contribution in [0.5, 0.6) is 5.75 Å². The summed E-state index contributed by atoms with van der Waals surface area (Å²) in [5, 5.41) is 7.36. The van der Waals surface area contributed by atoms with Crippen LogP contribution < -0.4 is 10.5 Å². The van der Waals surface area contributed by atoms with Crippen LogP contribution in [0.1, 0.15) is 0 Å². The Hall–Kier alpha value is -1.56. The fraction of sp³-hybridized carbons (Fsp3) is 0.111. The van der Waals surface area contributed by atoms with Crippen molar-refractivity contribution in [3.63, 3.8) is 0 Å². The van der Waals surface area contributed by atoms with Gasteiger partial charge in [0.1, 0.15) is 5.75 Å². The van der Waals surface area contributed by atoms with Crippen LogP contribution in [0, 0.1) is 0 Å². The van der Waals surface area contributed by atoms with E-state index < -0.39 is 0 Å². The molecule has 0 aliphatic carbocycles. The first-order valence-electron chi connectivity index (χ1n) is 4.13. The van der Waals surface area contributed by atoms with Gasteiger partial charge in [-0.1, -0.05) is 5.10 Å². The van der Waals surface area contributed by atoms with Crippen LogP contribution in [0.25, 0.3) is 11.5 Å². The van der Waals surface area contributed by atoms with Crippen LogP contribution in [0.15, 0.2) is 27.1 Å². The topological polar surface area (TPSA) is 74.2 Å². The number of methoxy groups -OCH3 is 1. The van der Waals surface area contributed by atoms with E-state index in [1.54, 1.807) is 13.2 Å². The predicted octanol–water partition coefficient (Wildman–Crippen LogP) is 2.09. The number of nitrogens with two attached hydrogens (primary N) is 1.